The van der Waals surface area contributed by atoms with Crippen LogP contribution in [0, 0.1) is 0 Å². The number of hydrogen-bond acceptors (Lipinski definition) is 7. The highest BCUT2D eigenvalue weighted by molar-refractivity contribution is 7.89. The van der Waals surface area contributed by atoms with E-state index in [1.165, 1.54) is 45.4 Å². The van der Waals surface area contributed by atoms with Gasteiger partial charge in [-0.3, -0.25) is 9.59 Å². The molecule has 0 fully saturated rings. The molecule has 0 aliphatic carbocycles. The summed E-state index contributed by atoms with van der Waals surface area (Å²) in [6.45, 7) is -0.760. The zero-order chi connectivity index (χ0) is 23.0. The molecular formula is C21H26N2O7S. The van der Waals surface area contributed by atoms with Crippen LogP contribution in [0.4, 0.5) is 0 Å². The van der Waals surface area contributed by atoms with Gasteiger partial charge in [-0.1, -0.05) is 18.2 Å². The molecule has 31 heavy (non-hydrogen) atoms. The summed E-state index contributed by atoms with van der Waals surface area (Å²) in [5, 5.41) is 0. The number of likely N-dealkylation sites (N-methyl/N-ethyl adjacent to an activating group) is 1. The van der Waals surface area contributed by atoms with Crippen molar-refractivity contribution in [2.75, 3.05) is 41.5 Å². The number of carbonyl (C=O) groups excluding carboxylic acids is 2. The molecule has 2 aromatic rings. The smallest absolute Gasteiger partial charge is 0.325 e. The van der Waals surface area contributed by atoms with E-state index >= 15 is 0 Å². The van der Waals surface area contributed by atoms with Crippen molar-refractivity contribution in [1.29, 1.82) is 0 Å². The molecule has 168 valence electrons. The molecule has 0 saturated heterocycles. The second kappa shape index (κ2) is 10.8. The van der Waals surface area contributed by atoms with Gasteiger partial charge >= 0.3 is 5.97 Å². The van der Waals surface area contributed by atoms with Crippen LogP contribution < -0.4 is 9.47 Å². The zero-order valence-corrected chi connectivity index (χ0v) is 18.7. The number of carbonyl (C=O) groups is 2. The van der Waals surface area contributed by atoms with Gasteiger partial charge in [-0.05, 0) is 29.8 Å². The van der Waals surface area contributed by atoms with Crippen molar-refractivity contribution in [3.8, 4) is 11.5 Å². The molecule has 0 heterocycles. The number of rotatable bonds is 10. The lowest BCUT2D eigenvalue weighted by atomic mass is 10.2. The van der Waals surface area contributed by atoms with Crippen LogP contribution >= 0.6 is 0 Å². The maximum absolute atomic E-state index is 12.9. The van der Waals surface area contributed by atoms with Crippen molar-refractivity contribution >= 4 is 21.9 Å². The molecule has 2 rings (SSSR count). The second-order valence-electron chi connectivity index (χ2n) is 6.62. The Morgan fingerprint density at radius 2 is 1.48 bits per heavy atom. The minimum absolute atomic E-state index is 0.0285. The van der Waals surface area contributed by atoms with Crippen LogP contribution in [-0.4, -0.2) is 71.0 Å². The average molecular weight is 451 g/mol. The van der Waals surface area contributed by atoms with Crippen LogP contribution in [-0.2, 0) is 30.9 Å². The van der Waals surface area contributed by atoms with Crippen molar-refractivity contribution < 1.29 is 32.2 Å². The number of amides is 1. The highest BCUT2D eigenvalue weighted by Gasteiger charge is 2.26. The van der Waals surface area contributed by atoms with E-state index < -0.39 is 28.4 Å². The third-order valence-electron chi connectivity index (χ3n) is 4.49. The van der Waals surface area contributed by atoms with Crippen LogP contribution in [0.2, 0.25) is 0 Å². The van der Waals surface area contributed by atoms with Gasteiger partial charge in [0.25, 0.3) is 0 Å². The lowest BCUT2D eigenvalue weighted by Gasteiger charge is -2.25. The third-order valence-corrected chi connectivity index (χ3v) is 6.31. The number of benzene rings is 2. The normalized spacial score (nSPS) is 11.1. The van der Waals surface area contributed by atoms with Gasteiger partial charge in [0.1, 0.15) is 18.0 Å². The van der Waals surface area contributed by atoms with Gasteiger partial charge in [-0.2, -0.15) is 4.31 Å². The van der Waals surface area contributed by atoms with Crippen molar-refractivity contribution in [3.63, 3.8) is 0 Å². The van der Waals surface area contributed by atoms with E-state index in [0.717, 1.165) is 4.31 Å². The summed E-state index contributed by atoms with van der Waals surface area (Å²) >= 11 is 0. The SMILES string of the molecule is COC(=O)CN(Cc1cc(OC)cc(OC)c1)C(=O)CN(C)S(=O)(=O)c1ccccc1. The van der Waals surface area contributed by atoms with E-state index in [2.05, 4.69) is 4.74 Å². The molecule has 2 aromatic carbocycles. The fraction of sp³-hybridized carbons (Fsp3) is 0.333. The van der Waals surface area contributed by atoms with Crippen molar-refractivity contribution in [2.24, 2.45) is 0 Å². The van der Waals surface area contributed by atoms with E-state index in [9.17, 15) is 18.0 Å². The van der Waals surface area contributed by atoms with E-state index in [0.29, 0.717) is 17.1 Å². The standard InChI is InChI=1S/C21H26N2O7S/c1-22(31(26,27)19-8-6-5-7-9-19)14-20(24)23(15-21(25)30-4)13-16-10-17(28-2)12-18(11-16)29-3/h5-12H,13-15H2,1-4H3. The van der Waals surface area contributed by atoms with Gasteiger partial charge in [-0.25, -0.2) is 8.42 Å². The molecule has 0 N–H and O–H groups in total. The van der Waals surface area contributed by atoms with Crippen LogP contribution in [0.15, 0.2) is 53.4 Å². The topological polar surface area (TPSA) is 102 Å². The lowest BCUT2D eigenvalue weighted by molar-refractivity contribution is -0.147. The average Bonchev–Trinajstić information content (AvgIpc) is 2.78. The highest BCUT2D eigenvalue weighted by atomic mass is 32.2. The highest BCUT2D eigenvalue weighted by Crippen LogP contribution is 2.23. The maximum Gasteiger partial charge on any atom is 0.325 e. The fourth-order valence-corrected chi connectivity index (χ4v) is 3.92. The maximum atomic E-state index is 12.9. The van der Waals surface area contributed by atoms with E-state index in [1.807, 2.05) is 0 Å². The Morgan fingerprint density at radius 3 is 2.00 bits per heavy atom. The summed E-state index contributed by atoms with van der Waals surface area (Å²) in [4.78, 5) is 26.1. The van der Waals surface area contributed by atoms with E-state index in [1.54, 1.807) is 36.4 Å². The molecule has 1 amide bonds. The van der Waals surface area contributed by atoms with Gasteiger partial charge in [0.05, 0.1) is 32.8 Å². The predicted molar refractivity (Wildman–Crippen MR) is 113 cm³/mol. The Bertz CT molecular complexity index is 987. The zero-order valence-electron chi connectivity index (χ0n) is 17.9. The minimum Gasteiger partial charge on any atom is -0.497 e. The molecule has 0 atom stereocenters. The summed E-state index contributed by atoms with van der Waals surface area (Å²) in [6.07, 6.45) is 0. The van der Waals surface area contributed by atoms with Crippen molar-refractivity contribution in [2.45, 2.75) is 11.4 Å². The monoisotopic (exact) mass is 450 g/mol. The molecule has 0 unspecified atom stereocenters. The van der Waals surface area contributed by atoms with E-state index in [-0.39, 0.29) is 18.0 Å². The molecule has 0 aliphatic heterocycles. The first kappa shape index (κ1) is 24.2. The summed E-state index contributed by atoms with van der Waals surface area (Å²) in [6, 6.07) is 12.9. The van der Waals surface area contributed by atoms with E-state index in [4.69, 9.17) is 9.47 Å². The molecule has 0 bridgehead atoms. The lowest BCUT2D eigenvalue weighted by Crippen LogP contribution is -2.43. The largest absolute Gasteiger partial charge is 0.497 e. The van der Waals surface area contributed by atoms with Crippen molar-refractivity contribution in [1.82, 2.24) is 9.21 Å². The van der Waals surface area contributed by atoms with Gasteiger partial charge < -0.3 is 19.1 Å². The number of methoxy groups -OCH3 is 3. The minimum atomic E-state index is -3.87. The molecule has 10 heteroatoms. The van der Waals surface area contributed by atoms with Crippen LogP contribution in [0.25, 0.3) is 0 Å². The number of ether oxygens (including phenoxy) is 3. The summed E-state index contributed by atoms with van der Waals surface area (Å²) in [5.74, 6) is -0.154. The molecule has 9 nitrogen and oxygen atoms in total. The third kappa shape index (κ3) is 6.43. The molecule has 0 saturated carbocycles. The first-order chi connectivity index (χ1) is 14.7. The number of esters is 1. The van der Waals surface area contributed by atoms with Crippen LogP contribution in [0.5, 0.6) is 11.5 Å². The second-order valence-corrected chi connectivity index (χ2v) is 8.67. The number of nitrogens with zero attached hydrogens (tertiary/aromatic N) is 2. The first-order valence-electron chi connectivity index (χ1n) is 9.29. The Kier molecular flexibility index (Phi) is 8.40. The van der Waals surface area contributed by atoms with Crippen LogP contribution in [0.1, 0.15) is 5.56 Å². The molecule has 0 radical (unpaired) electrons. The Morgan fingerprint density at radius 1 is 0.903 bits per heavy atom. The molecule has 0 spiro atoms. The fourth-order valence-electron chi connectivity index (χ4n) is 2.78. The van der Waals surface area contributed by atoms with Crippen molar-refractivity contribution in [3.05, 3.63) is 54.1 Å². The summed E-state index contributed by atoms with van der Waals surface area (Å²) in [7, 11) is 1.66. The molecule has 0 aromatic heterocycles. The van der Waals surface area contributed by atoms with Gasteiger partial charge in [0, 0.05) is 19.7 Å². The Balaban J connectivity index is 2.25. The first-order valence-corrected chi connectivity index (χ1v) is 10.7. The van der Waals surface area contributed by atoms with Gasteiger partial charge in [0.2, 0.25) is 15.9 Å². The molecule has 0 aliphatic rings. The number of hydrogen-bond donors (Lipinski definition) is 0. The summed E-state index contributed by atoms with van der Waals surface area (Å²) in [5.41, 5.74) is 0.641. The summed E-state index contributed by atoms with van der Waals surface area (Å²) < 4.78 is 41.6. The molecular weight excluding hydrogens is 424 g/mol. The Hall–Kier alpha value is -3.11. The van der Waals surface area contributed by atoms with Crippen LogP contribution in [0.3, 0.4) is 0 Å². The van der Waals surface area contributed by atoms with Gasteiger partial charge in [-0.15, -0.1) is 0 Å². The Labute approximate surface area is 182 Å². The number of sulfonamides is 1. The van der Waals surface area contributed by atoms with Gasteiger partial charge in [0.15, 0.2) is 0 Å². The predicted octanol–water partition coefficient (Wildman–Crippen LogP) is 1.53. The quantitative estimate of drug-likeness (QED) is 0.506.